The van der Waals surface area contributed by atoms with Crippen LogP contribution in [-0.4, -0.2) is 68.3 Å². The van der Waals surface area contributed by atoms with Crippen LogP contribution in [-0.2, 0) is 14.8 Å². The van der Waals surface area contributed by atoms with Crippen LogP contribution < -0.4 is 10.6 Å². The fourth-order valence-corrected chi connectivity index (χ4v) is 4.88. The van der Waals surface area contributed by atoms with Crippen molar-refractivity contribution in [2.75, 3.05) is 32.7 Å². The molecule has 1 aliphatic heterocycles. The molecule has 8 nitrogen and oxygen atoms in total. The molecule has 29 heavy (non-hydrogen) atoms. The Morgan fingerprint density at radius 2 is 1.66 bits per heavy atom. The van der Waals surface area contributed by atoms with Gasteiger partial charge in [-0.05, 0) is 35.7 Å². The van der Waals surface area contributed by atoms with Crippen LogP contribution in [0.25, 0.3) is 10.8 Å². The van der Waals surface area contributed by atoms with Crippen molar-refractivity contribution < 1.29 is 18.0 Å². The Bertz CT molecular complexity index is 1030. The van der Waals surface area contributed by atoms with Gasteiger partial charge in [0.05, 0.1) is 11.4 Å². The number of nitrogens with zero attached hydrogens (tertiary/aromatic N) is 2. The van der Waals surface area contributed by atoms with E-state index in [2.05, 4.69) is 10.6 Å². The van der Waals surface area contributed by atoms with Gasteiger partial charge >= 0.3 is 6.03 Å². The minimum atomic E-state index is -3.59. The van der Waals surface area contributed by atoms with Gasteiger partial charge in [-0.15, -0.1) is 0 Å². The maximum atomic E-state index is 13.0. The van der Waals surface area contributed by atoms with Crippen molar-refractivity contribution in [1.29, 1.82) is 0 Å². The van der Waals surface area contributed by atoms with Crippen molar-refractivity contribution in [2.45, 2.75) is 23.8 Å². The zero-order valence-corrected chi connectivity index (χ0v) is 16.8. The molecule has 2 aromatic carbocycles. The smallest absolute Gasteiger partial charge is 0.321 e. The fraction of sp³-hybridized carbons (Fsp3) is 0.400. The lowest BCUT2D eigenvalue weighted by Crippen LogP contribution is -2.52. The van der Waals surface area contributed by atoms with Gasteiger partial charge in [0.25, 0.3) is 0 Å². The van der Waals surface area contributed by atoms with Gasteiger partial charge in [-0.3, -0.25) is 15.0 Å². The van der Waals surface area contributed by atoms with Crippen LogP contribution >= 0.6 is 0 Å². The van der Waals surface area contributed by atoms with Crippen molar-refractivity contribution in [1.82, 2.24) is 19.8 Å². The summed E-state index contributed by atoms with van der Waals surface area (Å²) in [5.41, 5.74) is 0. The SMILES string of the molecule is O=C(CN1CCN(S(=O)(=O)c2ccc3ccccc3c2)CC1)NC(=O)NC1CC1. The maximum Gasteiger partial charge on any atom is 0.321 e. The van der Waals surface area contributed by atoms with Crippen molar-refractivity contribution in [3.05, 3.63) is 42.5 Å². The topological polar surface area (TPSA) is 98.8 Å². The molecular weight excluding hydrogens is 392 g/mol. The summed E-state index contributed by atoms with van der Waals surface area (Å²) in [4.78, 5) is 25.8. The lowest BCUT2D eigenvalue weighted by molar-refractivity contribution is -0.121. The number of rotatable bonds is 5. The number of urea groups is 1. The first-order valence-electron chi connectivity index (χ1n) is 9.73. The molecule has 2 aromatic rings. The highest BCUT2D eigenvalue weighted by Crippen LogP contribution is 2.23. The molecule has 0 aromatic heterocycles. The summed E-state index contributed by atoms with van der Waals surface area (Å²) in [7, 11) is -3.59. The number of hydrogen-bond donors (Lipinski definition) is 2. The van der Waals surface area contributed by atoms with E-state index in [0.29, 0.717) is 26.2 Å². The molecule has 1 saturated carbocycles. The quantitative estimate of drug-likeness (QED) is 0.762. The monoisotopic (exact) mass is 416 g/mol. The van der Waals surface area contributed by atoms with Gasteiger partial charge in [-0.25, -0.2) is 13.2 Å². The molecule has 0 bridgehead atoms. The predicted octanol–water partition coefficient (Wildman–Crippen LogP) is 1.13. The summed E-state index contributed by atoms with van der Waals surface area (Å²) >= 11 is 0. The normalized spacial score (nSPS) is 18.5. The average Bonchev–Trinajstić information content (AvgIpc) is 3.51. The minimum absolute atomic E-state index is 0.0714. The molecule has 0 atom stereocenters. The van der Waals surface area contributed by atoms with Crippen molar-refractivity contribution in [3.8, 4) is 0 Å². The van der Waals surface area contributed by atoms with E-state index in [9.17, 15) is 18.0 Å². The Hall–Kier alpha value is -2.49. The second-order valence-corrected chi connectivity index (χ2v) is 9.42. The van der Waals surface area contributed by atoms with E-state index in [1.807, 2.05) is 35.2 Å². The minimum Gasteiger partial charge on any atom is -0.335 e. The third kappa shape index (κ3) is 4.75. The molecule has 2 N–H and O–H groups in total. The Morgan fingerprint density at radius 1 is 0.966 bits per heavy atom. The summed E-state index contributed by atoms with van der Waals surface area (Å²) in [6.07, 6.45) is 1.91. The second kappa shape index (κ2) is 8.10. The van der Waals surface area contributed by atoms with Crippen LogP contribution in [0.2, 0.25) is 0 Å². The number of imide groups is 1. The largest absolute Gasteiger partial charge is 0.335 e. The van der Waals surface area contributed by atoms with E-state index in [1.54, 1.807) is 12.1 Å². The number of carbonyl (C=O) groups excluding carboxylic acids is 2. The number of hydrogen-bond acceptors (Lipinski definition) is 5. The first kappa shape index (κ1) is 19.8. The van der Waals surface area contributed by atoms with E-state index < -0.39 is 16.1 Å². The van der Waals surface area contributed by atoms with E-state index in [1.165, 1.54) is 4.31 Å². The molecule has 3 amide bonds. The highest BCUT2D eigenvalue weighted by molar-refractivity contribution is 7.89. The molecule has 0 unspecified atom stereocenters. The van der Waals surface area contributed by atoms with Crippen LogP contribution in [0.1, 0.15) is 12.8 Å². The standard InChI is InChI=1S/C20H24N4O4S/c25-19(22-20(26)21-17-6-7-17)14-23-9-11-24(12-10-23)29(27,28)18-8-5-15-3-1-2-4-16(15)13-18/h1-5,8,13,17H,6-7,9-12,14H2,(H2,21,22,25,26). The number of nitrogens with one attached hydrogen (secondary N) is 2. The van der Waals surface area contributed by atoms with Crippen molar-refractivity contribution in [2.24, 2.45) is 0 Å². The van der Waals surface area contributed by atoms with Crippen LogP contribution in [0.3, 0.4) is 0 Å². The number of carbonyl (C=O) groups is 2. The van der Waals surface area contributed by atoms with Crippen LogP contribution in [0.15, 0.2) is 47.4 Å². The second-order valence-electron chi connectivity index (χ2n) is 7.49. The fourth-order valence-electron chi connectivity index (χ4n) is 3.42. The number of sulfonamides is 1. The summed E-state index contributed by atoms with van der Waals surface area (Å²) in [5, 5.41) is 6.90. The average molecular weight is 417 g/mol. The zero-order valence-electron chi connectivity index (χ0n) is 16.0. The lowest BCUT2D eigenvalue weighted by Gasteiger charge is -2.33. The van der Waals surface area contributed by atoms with Gasteiger partial charge in [0.2, 0.25) is 15.9 Å². The Balaban J connectivity index is 1.33. The third-order valence-corrected chi connectivity index (χ3v) is 7.12. The molecule has 2 aliphatic rings. The molecule has 4 rings (SSSR count). The predicted molar refractivity (Wildman–Crippen MR) is 109 cm³/mol. The van der Waals surface area contributed by atoms with Gasteiger partial charge in [-0.1, -0.05) is 30.3 Å². The maximum absolute atomic E-state index is 13.0. The van der Waals surface area contributed by atoms with Crippen LogP contribution in [0, 0.1) is 0 Å². The van der Waals surface area contributed by atoms with E-state index in [4.69, 9.17) is 0 Å². The Morgan fingerprint density at radius 3 is 2.34 bits per heavy atom. The molecule has 1 heterocycles. The third-order valence-electron chi connectivity index (χ3n) is 5.22. The number of amides is 3. The zero-order chi connectivity index (χ0) is 20.4. The first-order chi connectivity index (χ1) is 13.9. The molecule has 0 spiro atoms. The molecular formula is C20H24N4O4S. The lowest BCUT2D eigenvalue weighted by atomic mass is 10.1. The number of benzene rings is 2. The van der Waals surface area contributed by atoms with Gasteiger partial charge in [0.15, 0.2) is 0 Å². The molecule has 1 saturated heterocycles. The van der Waals surface area contributed by atoms with Crippen molar-refractivity contribution in [3.63, 3.8) is 0 Å². The summed E-state index contributed by atoms with van der Waals surface area (Å²) in [5.74, 6) is -0.381. The highest BCUT2D eigenvalue weighted by atomic mass is 32.2. The molecule has 2 fully saturated rings. The van der Waals surface area contributed by atoms with Crippen LogP contribution in [0.4, 0.5) is 4.79 Å². The van der Waals surface area contributed by atoms with E-state index in [-0.39, 0.29) is 23.4 Å². The van der Waals surface area contributed by atoms with Crippen molar-refractivity contribution >= 4 is 32.7 Å². The highest BCUT2D eigenvalue weighted by Gasteiger charge is 2.30. The molecule has 0 radical (unpaired) electrons. The summed E-state index contributed by atoms with van der Waals surface area (Å²) < 4.78 is 27.4. The summed E-state index contributed by atoms with van der Waals surface area (Å²) in [6, 6.07) is 12.5. The van der Waals surface area contributed by atoms with Crippen LogP contribution in [0.5, 0.6) is 0 Å². The summed E-state index contributed by atoms with van der Waals surface area (Å²) in [6.45, 7) is 1.55. The molecule has 154 valence electrons. The molecule has 1 aliphatic carbocycles. The van der Waals surface area contributed by atoms with E-state index >= 15 is 0 Å². The van der Waals surface area contributed by atoms with Gasteiger partial charge in [-0.2, -0.15) is 4.31 Å². The van der Waals surface area contributed by atoms with Gasteiger partial charge < -0.3 is 5.32 Å². The van der Waals surface area contributed by atoms with Gasteiger partial charge in [0.1, 0.15) is 0 Å². The van der Waals surface area contributed by atoms with Gasteiger partial charge in [0, 0.05) is 32.2 Å². The number of fused-ring (bicyclic) bond motifs is 1. The first-order valence-corrected chi connectivity index (χ1v) is 11.2. The Kier molecular flexibility index (Phi) is 5.53. The van der Waals surface area contributed by atoms with E-state index in [0.717, 1.165) is 23.6 Å². The number of piperazine rings is 1. The molecule has 9 heteroatoms. The Labute approximate surface area is 169 Å².